The molecule has 4 rings (SSSR count). The maximum Gasteiger partial charge on any atom is 0.196 e. The minimum atomic E-state index is -0.00708. The fraction of sp³-hybridized carbons (Fsp3) is 0.346. The molecule has 0 amide bonds. The van der Waals surface area contributed by atoms with Crippen molar-refractivity contribution in [1.29, 1.82) is 0 Å². The summed E-state index contributed by atoms with van der Waals surface area (Å²) < 4.78 is 26.9. The van der Waals surface area contributed by atoms with Crippen LogP contribution < -0.4 is 14.9 Å². The molecule has 0 atom stereocenters. The molecule has 166 valence electrons. The van der Waals surface area contributed by atoms with Gasteiger partial charge in [0.05, 0.1) is 26.3 Å². The quantitative estimate of drug-likeness (QED) is 0.441. The van der Waals surface area contributed by atoms with E-state index < -0.39 is 0 Å². The molecule has 4 nitrogen and oxygen atoms in total. The van der Waals surface area contributed by atoms with E-state index in [1.165, 1.54) is 12.8 Å². The lowest BCUT2D eigenvalue weighted by Crippen LogP contribution is -2.07. The molecular weight excluding hydrogens is 395 g/mol. The fourth-order valence-electron chi connectivity index (χ4n) is 3.04. The highest BCUT2D eigenvalue weighted by molar-refractivity contribution is 5.80. The number of benzene rings is 2. The van der Waals surface area contributed by atoms with Crippen molar-refractivity contribution in [3.63, 3.8) is 0 Å². The number of hydrogen-bond acceptors (Lipinski definition) is 4. The number of para-hydroxylation sites is 2. The smallest absolute Gasteiger partial charge is 0.196 e. The van der Waals surface area contributed by atoms with Crippen LogP contribution in [-0.2, 0) is 0 Å². The molecule has 0 radical (unpaired) electrons. The number of fused-ring (bicyclic) bond motifs is 1. The van der Waals surface area contributed by atoms with Gasteiger partial charge >= 0.3 is 0 Å². The van der Waals surface area contributed by atoms with Crippen molar-refractivity contribution in [3.05, 3.63) is 69.6 Å². The Bertz CT molecular complexity index is 1060. The number of halogens is 1. The molecule has 0 aliphatic heterocycles. The number of ether oxygens (including phenoxy) is 2. The standard InChI is InChI=1S/C23H22O4.C2H6.CH3F/c1-15-19(27-20-8-4-3-7-18(20)22(15)24)13-12-17-6-5-9-21(25-2)23(17)26-14-16-10-11-16;2*1-2/h3-9,12-13,16H,10-11,14H2,1-2H3;1-2H3;1H3/b13-12+;;. The molecule has 1 aromatic heterocycles. The summed E-state index contributed by atoms with van der Waals surface area (Å²) in [6, 6.07) is 13.1. The van der Waals surface area contributed by atoms with E-state index in [-0.39, 0.29) is 5.43 Å². The second kappa shape index (κ2) is 11.9. The van der Waals surface area contributed by atoms with E-state index >= 15 is 0 Å². The molecule has 0 saturated heterocycles. The van der Waals surface area contributed by atoms with E-state index in [9.17, 15) is 9.18 Å². The second-order valence-corrected chi connectivity index (χ2v) is 6.88. The Kier molecular flexibility index (Phi) is 9.32. The predicted molar refractivity (Wildman–Crippen MR) is 126 cm³/mol. The van der Waals surface area contributed by atoms with Gasteiger partial charge < -0.3 is 13.9 Å². The van der Waals surface area contributed by atoms with Crippen LogP contribution in [-0.4, -0.2) is 20.9 Å². The Hall–Kier alpha value is -3.08. The molecular formula is C26H31FO4. The minimum Gasteiger partial charge on any atom is -0.493 e. The lowest BCUT2D eigenvalue weighted by atomic mass is 10.1. The molecule has 0 unspecified atom stereocenters. The molecule has 1 heterocycles. The zero-order valence-corrected chi connectivity index (χ0v) is 18.9. The molecule has 1 aliphatic carbocycles. The van der Waals surface area contributed by atoms with Crippen LogP contribution in [0.2, 0.25) is 0 Å². The van der Waals surface area contributed by atoms with Crippen molar-refractivity contribution >= 4 is 23.1 Å². The van der Waals surface area contributed by atoms with E-state index in [0.717, 1.165) is 11.3 Å². The third-order valence-electron chi connectivity index (χ3n) is 4.87. The molecule has 1 saturated carbocycles. The number of rotatable bonds is 6. The summed E-state index contributed by atoms with van der Waals surface area (Å²) in [6.45, 7) is 6.49. The molecule has 1 fully saturated rings. The van der Waals surface area contributed by atoms with Gasteiger partial charge in [0, 0.05) is 11.1 Å². The van der Waals surface area contributed by atoms with Gasteiger partial charge in [-0.15, -0.1) is 0 Å². The zero-order valence-electron chi connectivity index (χ0n) is 18.9. The van der Waals surface area contributed by atoms with Gasteiger partial charge in [0.25, 0.3) is 0 Å². The molecule has 0 bridgehead atoms. The minimum absolute atomic E-state index is 0.00708. The van der Waals surface area contributed by atoms with Gasteiger partial charge in [-0.05, 0) is 56.0 Å². The highest BCUT2D eigenvalue weighted by Crippen LogP contribution is 2.36. The maximum absolute atomic E-state index is 12.6. The number of hydrogen-bond donors (Lipinski definition) is 0. The average Bonchev–Trinajstić information content (AvgIpc) is 3.66. The Labute approximate surface area is 183 Å². The Balaban J connectivity index is 0.000000807. The summed E-state index contributed by atoms with van der Waals surface area (Å²) >= 11 is 0. The lowest BCUT2D eigenvalue weighted by molar-refractivity contribution is 0.280. The molecule has 3 aromatic rings. The van der Waals surface area contributed by atoms with Crippen molar-refractivity contribution in [2.24, 2.45) is 5.92 Å². The van der Waals surface area contributed by atoms with Gasteiger partial charge in [-0.25, -0.2) is 0 Å². The van der Waals surface area contributed by atoms with E-state index in [0.29, 0.717) is 47.7 Å². The Morgan fingerprint density at radius 2 is 1.77 bits per heavy atom. The first-order valence-corrected chi connectivity index (χ1v) is 10.6. The zero-order chi connectivity index (χ0) is 22.8. The highest BCUT2D eigenvalue weighted by atomic mass is 19.1. The van der Waals surface area contributed by atoms with Crippen LogP contribution in [0.5, 0.6) is 11.5 Å². The van der Waals surface area contributed by atoms with Crippen LogP contribution in [0.3, 0.4) is 0 Å². The van der Waals surface area contributed by atoms with Crippen LogP contribution in [0.1, 0.15) is 43.6 Å². The molecule has 1 aliphatic rings. The van der Waals surface area contributed by atoms with Crippen molar-refractivity contribution < 1.29 is 18.3 Å². The monoisotopic (exact) mass is 426 g/mol. The van der Waals surface area contributed by atoms with Crippen LogP contribution in [0, 0.1) is 12.8 Å². The van der Waals surface area contributed by atoms with E-state index in [1.807, 2.05) is 62.4 Å². The van der Waals surface area contributed by atoms with E-state index in [4.69, 9.17) is 13.9 Å². The van der Waals surface area contributed by atoms with Crippen LogP contribution in [0.4, 0.5) is 4.39 Å². The normalized spacial score (nSPS) is 12.6. The summed E-state index contributed by atoms with van der Waals surface area (Å²) in [5, 5.41) is 0.599. The van der Waals surface area contributed by atoms with Crippen LogP contribution >= 0.6 is 0 Å². The summed E-state index contributed by atoms with van der Waals surface area (Å²) in [4.78, 5) is 12.6. The van der Waals surface area contributed by atoms with Crippen LogP contribution in [0.15, 0.2) is 51.7 Å². The molecule has 31 heavy (non-hydrogen) atoms. The molecule has 5 heteroatoms. The first-order chi connectivity index (χ1) is 15.2. The Morgan fingerprint density at radius 1 is 1.06 bits per heavy atom. The van der Waals surface area contributed by atoms with E-state index in [1.54, 1.807) is 20.1 Å². The highest BCUT2D eigenvalue weighted by Gasteiger charge is 2.23. The van der Waals surface area contributed by atoms with E-state index in [2.05, 4.69) is 0 Å². The predicted octanol–water partition coefficient (Wildman–Crippen LogP) is 6.68. The first-order valence-electron chi connectivity index (χ1n) is 10.6. The van der Waals surface area contributed by atoms with Gasteiger partial charge in [-0.2, -0.15) is 0 Å². The molecule has 0 spiro atoms. The lowest BCUT2D eigenvalue weighted by Gasteiger charge is -2.13. The first kappa shape index (κ1) is 24.2. The average molecular weight is 427 g/mol. The van der Waals surface area contributed by atoms with Gasteiger partial charge in [0.15, 0.2) is 16.9 Å². The molecule has 2 aromatic carbocycles. The fourth-order valence-corrected chi connectivity index (χ4v) is 3.04. The largest absolute Gasteiger partial charge is 0.493 e. The van der Waals surface area contributed by atoms with Crippen molar-refractivity contribution in [1.82, 2.24) is 0 Å². The Morgan fingerprint density at radius 3 is 2.45 bits per heavy atom. The summed E-state index contributed by atoms with van der Waals surface area (Å²) in [5.74, 6) is 2.63. The number of alkyl halides is 1. The van der Waals surface area contributed by atoms with Crippen molar-refractivity contribution in [3.8, 4) is 11.5 Å². The topological polar surface area (TPSA) is 48.7 Å². The third kappa shape index (κ3) is 5.97. The van der Waals surface area contributed by atoms with Gasteiger partial charge in [-0.1, -0.05) is 38.1 Å². The SMILES string of the molecule is CC.CF.COc1cccc(/C=C/c2oc3ccccc3c(=O)c2C)c1OCC1CC1. The van der Waals surface area contributed by atoms with Crippen LogP contribution in [0.25, 0.3) is 23.1 Å². The van der Waals surface area contributed by atoms with Crippen molar-refractivity contribution in [2.75, 3.05) is 20.9 Å². The summed E-state index contributed by atoms with van der Waals surface area (Å²) in [5.41, 5.74) is 2.06. The van der Waals surface area contributed by atoms with Gasteiger partial charge in [0.2, 0.25) is 0 Å². The molecule has 0 N–H and O–H groups in total. The number of methoxy groups -OCH3 is 1. The van der Waals surface area contributed by atoms with Crippen molar-refractivity contribution in [2.45, 2.75) is 33.6 Å². The second-order valence-electron chi connectivity index (χ2n) is 6.88. The summed E-state index contributed by atoms with van der Waals surface area (Å²) in [7, 11) is 2.14. The maximum atomic E-state index is 12.6. The third-order valence-corrected chi connectivity index (χ3v) is 4.87. The summed E-state index contributed by atoms with van der Waals surface area (Å²) in [6.07, 6.45) is 6.18. The van der Waals surface area contributed by atoms with Gasteiger partial charge in [-0.3, -0.25) is 9.18 Å². The van der Waals surface area contributed by atoms with Gasteiger partial charge in [0.1, 0.15) is 11.3 Å².